The van der Waals surface area contributed by atoms with Crippen molar-refractivity contribution in [3.63, 3.8) is 0 Å². The highest BCUT2D eigenvalue weighted by molar-refractivity contribution is 5.84. The molecule has 0 radical (unpaired) electrons. The van der Waals surface area contributed by atoms with Crippen molar-refractivity contribution in [2.45, 2.75) is 20.8 Å². The Morgan fingerprint density at radius 3 is 2.27 bits per heavy atom. The van der Waals surface area contributed by atoms with E-state index >= 15 is 0 Å². The van der Waals surface area contributed by atoms with Gasteiger partial charge in [0, 0.05) is 28.9 Å². The van der Waals surface area contributed by atoms with Crippen molar-refractivity contribution in [1.82, 2.24) is 4.57 Å². The Labute approximate surface area is 131 Å². The van der Waals surface area contributed by atoms with Gasteiger partial charge in [-0.3, -0.25) is 4.99 Å². The van der Waals surface area contributed by atoms with Crippen LogP contribution in [0.25, 0.3) is 5.69 Å². The zero-order chi connectivity index (χ0) is 15.5. The Morgan fingerprint density at radius 2 is 1.55 bits per heavy atom. The van der Waals surface area contributed by atoms with Gasteiger partial charge in [-0.05, 0) is 50.6 Å². The van der Waals surface area contributed by atoms with Gasteiger partial charge in [-0.15, -0.1) is 0 Å². The van der Waals surface area contributed by atoms with Crippen LogP contribution in [0.3, 0.4) is 0 Å². The number of aliphatic imine (C=N–C) groups is 1. The third-order valence-electron chi connectivity index (χ3n) is 3.94. The SMILES string of the molecule is Cc1ccccc1N=Cc1cc(C)n(-c2ccccc2)c1C. The summed E-state index contributed by atoms with van der Waals surface area (Å²) in [5, 5.41) is 0. The van der Waals surface area contributed by atoms with Gasteiger partial charge in [-0.1, -0.05) is 36.4 Å². The molecular formula is C20H20N2. The first kappa shape index (κ1) is 14.3. The normalized spacial score (nSPS) is 11.2. The van der Waals surface area contributed by atoms with Crippen LogP contribution in [-0.2, 0) is 0 Å². The second-order valence-electron chi connectivity index (χ2n) is 5.54. The minimum atomic E-state index is 1.02. The molecule has 0 aliphatic carbocycles. The average Bonchev–Trinajstić information content (AvgIpc) is 2.81. The Kier molecular flexibility index (Phi) is 3.92. The molecule has 2 heteroatoms. The molecule has 0 spiro atoms. The van der Waals surface area contributed by atoms with E-state index in [4.69, 9.17) is 0 Å². The Balaban J connectivity index is 1.99. The molecule has 2 nitrogen and oxygen atoms in total. The zero-order valence-electron chi connectivity index (χ0n) is 13.2. The number of aryl methyl sites for hydroxylation is 2. The van der Waals surface area contributed by atoms with E-state index in [1.807, 2.05) is 30.5 Å². The van der Waals surface area contributed by atoms with Crippen molar-refractivity contribution in [2.24, 2.45) is 4.99 Å². The van der Waals surface area contributed by atoms with Crippen LogP contribution in [0.4, 0.5) is 5.69 Å². The number of hydrogen-bond donors (Lipinski definition) is 0. The summed E-state index contributed by atoms with van der Waals surface area (Å²) in [6.07, 6.45) is 1.96. The molecule has 3 rings (SSSR count). The molecule has 0 aliphatic heterocycles. The number of hydrogen-bond acceptors (Lipinski definition) is 1. The lowest BCUT2D eigenvalue weighted by Crippen LogP contribution is -1.99. The molecule has 3 aromatic rings. The third kappa shape index (κ3) is 2.73. The number of benzene rings is 2. The van der Waals surface area contributed by atoms with Gasteiger partial charge in [0.05, 0.1) is 5.69 Å². The molecule has 0 saturated carbocycles. The molecule has 0 aliphatic rings. The van der Waals surface area contributed by atoms with E-state index < -0.39 is 0 Å². The van der Waals surface area contributed by atoms with Crippen LogP contribution in [0.5, 0.6) is 0 Å². The maximum Gasteiger partial charge on any atom is 0.0659 e. The fourth-order valence-electron chi connectivity index (χ4n) is 2.74. The van der Waals surface area contributed by atoms with Gasteiger partial charge < -0.3 is 4.57 Å². The highest BCUT2D eigenvalue weighted by Crippen LogP contribution is 2.21. The summed E-state index contributed by atoms with van der Waals surface area (Å²) >= 11 is 0. The molecule has 1 aromatic heterocycles. The van der Waals surface area contributed by atoms with Crippen molar-refractivity contribution in [1.29, 1.82) is 0 Å². The fraction of sp³-hybridized carbons (Fsp3) is 0.150. The van der Waals surface area contributed by atoms with E-state index in [1.54, 1.807) is 0 Å². The van der Waals surface area contributed by atoms with Crippen molar-refractivity contribution in [3.8, 4) is 5.69 Å². The van der Waals surface area contributed by atoms with Crippen LogP contribution in [-0.4, -0.2) is 10.8 Å². The van der Waals surface area contributed by atoms with Crippen molar-refractivity contribution < 1.29 is 0 Å². The lowest BCUT2D eigenvalue weighted by molar-refractivity contribution is 0.965. The summed E-state index contributed by atoms with van der Waals surface area (Å²) in [5.74, 6) is 0. The first-order valence-corrected chi connectivity index (χ1v) is 7.51. The second kappa shape index (κ2) is 6.02. The molecule has 0 saturated heterocycles. The number of nitrogens with zero attached hydrogens (tertiary/aromatic N) is 2. The molecule has 0 unspecified atom stereocenters. The van der Waals surface area contributed by atoms with Gasteiger partial charge in [0.15, 0.2) is 0 Å². The summed E-state index contributed by atoms with van der Waals surface area (Å²) in [7, 11) is 0. The lowest BCUT2D eigenvalue weighted by Gasteiger charge is -2.09. The summed E-state index contributed by atoms with van der Waals surface area (Å²) in [5.41, 5.74) is 6.98. The van der Waals surface area contributed by atoms with Crippen LogP contribution >= 0.6 is 0 Å². The van der Waals surface area contributed by atoms with Gasteiger partial charge in [0.1, 0.15) is 0 Å². The molecule has 0 fully saturated rings. The largest absolute Gasteiger partial charge is 0.318 e. The molecule has 1 heterocycles. The molecule has 110 valence electrons. The minimum Gasteiger partial charge on any atom is -0.318 e. The molecular weight excluding hydrogens is 268 g/mol. The minimum absolute atomic E-state index is 1.02. The Hall–Kier alpha value is -2.61. The highest BCUT2D eigenvalue weighted by Gasteiger charge is 2.08. The van der Waals surface area contributed by atoms with E-state index in [0.29, 0.717) is 0 Å². The van der Waals surface area contributed by atoms with Gasteiger partial charge in [-0.25, -0.2) is 0 Å². The number of rotatable bonds is 3. The summed E-state index contributed by atoms with van der Waals surface area (Å²) in [6.45, 7) is 6.35. The molecule has 22 heavy (non-hydrogen) atoms. The standard InChI is InChI=1S/C20H20N2/c1-15-9-7-8-12-20(15)21-14-18-13-16(2)22(17(18)3)19-10-5-4-6-11-19/h4-14H,1-3H3. The molecule has 0 amide bonds. The number of aromatic nitrogens is 1. The predicted molar refractivity (Wildman–Crippen MR) is 93.7 cm³/mol. The van der Waals surface area contributed by atoms with Crippen LogP contribution in [0.2, 0.25) is 0 Å². The van der Waals surface area contributed by atoms with E-state index in [0.717, 1.165) is 11.3 Å². The third-order valence-corrected chi connectivity index (χ3v) is 3.94. The van der Waals surface area contributed by atoms with Crippen molar-refractivity contribution in [3.05, 3.63) is 83.2 Å². The second-order valence-corrected chi connectivity index (χ2v) is 5.54. The Bertz CT molecular complexity index is 811. The van der Waals surface area contributed by atoms with Gasteiger partial charge in [-0.2, -0.15) is 0 Å². The van der Waals surface area contributed by atoms with Crippen molar-refractivity contribution >= 4 is 11.9 Å². The molecule has 0 bridgehead atoms. The predicted octanol–water partition coefficient (Wildman–Crippen LogP) is 5.15. The first-order chi connectivity index (χ1) is 10.7. The van der Waals surface area contributed by atoms with E-state index in [1.165, 1.54) is 22.6 Å². The average molecular weight is 288 g/mol. The molecule has 0 N–H and O–H groups in total. The van der Waals surface area contributed by atoms with E-state index in [-0.39, 0.29) is 0 Å². The maximum atomic E-state index is 4.65. The summed E-state index contributed by atoms with van der Waals surface area (Å²) in [6, 6.07) is 20.8. The topological polar surface area (TPSA) is 17.3 Å². The first-order valence-electron chi connectivity index (χ1n) is 7.51. The molecule has 2 aromatic carbocycles. The fourth-order valence-corrected chi connectivity index (χ4v) is 2.74. The van der Waals surface area contributed by atoms with Gasteiger partial charge >= 0.3 is 0 Å². The van der Waals surface area contributed by atoms with Crippen molar-refractivity contribution in [2.75, 3.05) is 0 Å². The number of para-hydroxylation sites is 2. The molecule has 0 atom stereocenters. The van der Waals surface area contributed by atoms with Gasteiger partial charge in [0.25, 0.3) is 0 Å². The van der Waals surface area contributed by atoms with Crippen LogP contribution in [0.1, 0.15) is 22.5 Å². The quantitative estimate of drug-likeness (QED) is 0.593. The van der Waals surface area contributed by atoms with Crippen LogP contribution in [0.15, 0.2) is 65.7 Å². The smallest absolute Gasteiger partial charge is 0.0659 e. The Morgan fingerprint density at radius 1 is 0.864 bits per heavy atom. The van der Waals surface area contributed by atoms with E-state index in [2.05, 4.69) is 66.7 Å². The lowest BCUT2D eigenvalue weighted by atomic mass is 10.2. The monoisotopic (exact) mass is 288 g/mol. The van der Waals surface area contributed by atoms with Gasteiger partial charge in [0.2, 0.25) is 0 Å². The zero-order valence-corrected chi connectivity index (χ0v) is 13.2. The summed E-state index contributed by atoms with van der Waals surface area (Å²) < 4.78 is 2.26. The van der Waals surface area contributed by atoms with E-state index in [9.17, 15) is 0 Å². The maximum absolute atomic E-state index is 4.65. The van der Waals surface area contributed by atoms with Crippen LogP contribution in [0, 0.1) is 20.8 Å². The summed E-state index contributed by atoms with van der Waals surface area (Å²) in [4.78, 5) is 4.65. The highest BCUT2D eigenvalue weighted by atomic mass is 15.0. The van der Waals surface area contributed by atoms with Crippen LogP contribution < -0.4 is 0 Å².